The van der Waals surface area contributed by atoms with E-state index in [2.05, 4.69) is 0 Å². The summed E-state index contributed by atoms with van der Waals surface area (Å²) in [7, 11) is 0. The molecule has 7 heteroatoms. The van der Waals surface area contributed by atoms with Crippen LogP contribution in [-0.2, 0) is 6.42 Å². The van der Waals surface area contributed by atoms with Gasteiger partial charge in [0.2, 0.25) is 0 Å². The lowest BCUT2D eigenvalue weighted by Gasteiger charge is -2.32. The molecule has 1 rings (SSSR count). The molecule has 0 radical (unpaired) electrons. The van der Waals surface area contributed by atoms with Gasteiger partial charge >= 0.3 is 12.1 Å². The van der Waals surface area contributed by atoms with Gasteiger partial charge in [-0.15, -0.1) is 0 Å². The number of halogens is 5. The summed E-state index contributed by atoms with van der Waals surface area (Å²) in [5, 5.41) is 18.8. The summed E-state index contributed by atoms with van der Waals surface area (Å²) in [6, 6.07) is 8.50. The minimum Gasteiger partial charge on any atom is -0.396 e. The maximum Gasteiger partial charge on any atom is 0.453 e. The molecule has 0 aliphatic heterocycles. The zero-order valence-electron chi connectivity index (χ0n) is 11.2. The maximum atomic E-state index is 13.1. The van der Waals surface area contributed by atoms with E-state index in [4.69, 9.17) is 5.11 Å². The first-order valence-electron chi connectivity index (χ1n) is 6.41. The summed E-state index contributed by atoms with van der Waals surface area (Å²) in [6.07, 6.45) is -8.15. The van der Waals surface area contributed by atoms with Crippen molar-refractivity contribution in [3.05, 3.63) is 35.9 Å². The highest BCUT2D eigenvalue weighted by Gasteiger charge is 2.60. The van der Waals surface area contributed by atoms with Gasteiger partial charge in [0.05, 0.1) is 5.60 Å². The number of rotatable bonds is 7. The molecule has 2 N–H and O–H groups in total. The van der Waals surface area contributed by atoms with E-state index in [0.29, 0.717) is 5.56 Å². The Morgan fingerprint density at radius 3 is 1.95 bits per heavy atom. The van der Waals surface area contributed by atoms with Crippen LogP contribution < -0.4 is 0 Å². The molecule has 1 aromatic carbocycles. The van der Waals surface area contributed by atoms with E-state index < -0.39 is 37.1 Å². The molecule has 0 spiro atoms. The van der Waals surface area contributed by atoms with Crippen molar-refractivity contribution in [3.8, 4) is 0 Å². The summed E-state index contributed by atoms with van der Waals surface area (Å²) in [5.74, 6) is -4.99. The van der Waals surface area contributed by atoms with Crippen LogP contribution in [0.4, 0.5) is 22.0 Å². The second-order valence-electron chi connectivity index (χ2n) is 5.06. The summed E-state index contributed by atoms with van der Waals surface area (Å²) in [4.78, 5) is 0. The minimum absolute atomic E-state index is 0.144. The lowest BCUT2D eigenvalue weighted by atomic mass is 9.86. The van der Waals surface area contributed by atoms with Crippen molar-refractivity contribution in [2.75, 3.05) is 6.61 Å². The number of hydrogen-bond donors (Lipinski definition) is 2. The Labute approximate surface area is 119 Å². The summed E-state index contributed by atoms with van der Waals surface area (Å²) in [6.45, 7) is -0.667. The molecule has 120 valence electrons. The van der Waals surface area contributed by atoms with Crippen molar-refractivity contribution in [1.29, 1.82) is 0 Å². The van der Waals surface area contributed by atoms with Gasteiger partial charge in [0.1, 0.15) is 0 Å². The molecule has 0 aromatic heterocycles. The van der Waals surface area contributed by atoms with Gasteiger partial charge in [-0.05, 0) is 24.8 Å². The van der Waals surface area contributed by atoms with Crippen molar-refractivity contribution in [3.63, 3.8) is 0 Å². The number of hydrogen-bond acceptors (Lipinski definition) is 2. The molecular weight excluding hydrogens is 295 g/mol. The predicted molar refractivity (Wildman–Crippen MR) is 67.0 cm³/mol. The molecule has 1 unspecified atom stereocenters. The van der Waals surface area contributed by atoms with E-state index in [-0.39, 0.29) is 12.8 Å². The van der Waals surface area contributed by atoms with E-state index in [1.54, 1.807) is 30.3 Å². The Morgan fingerprint density at radius 1 is 0.905 bits per heavy atom. The van der Waals surface area contributed by atoms with Gasteiger partial charge in [-0.1, -0.05) is 30.3 Å². The van der Waals surface area contributed by atoms with Gasteiger partial charge in [0.25, 0.3) is 0 Å². The Kier molecular flexibility index (Phi) is 5.69. The normalized spacial score (nSPS) is 15.8. The molecule has 0 saturated carbocycles. The molecule has 0 saturated heterocycles. The van der Waals surface area contributed by atoms with Gasteiger partial charge in [0.15, 0.2) is 0 Å². The van der Waals surface area contributed by atoms with Gasteiger partial charge in [0, 0.05) is 13.0 Å². The highest BCUT2D eigenvalue weighted by Crippen LogP contribution is 2.43. The fourth-order valence-electron chi connectivity index (χ4n) is 2.05. The smallest absolute Gasteiger partial charge is 0.396 e. The first kappa shape index (κ1) is 17.8. The highest BCUT2D eigenvalue weighted by molar-refractivity contribution is 5.15. The third-order valence-electron chi connectivity index (χ3n) is 3.26. The Hall–Kier alpha value is -1.21. The van der Waals surface area contributed by atoms with E-state index in [0.717, 1.165) is 0 Å². The average molecular weight is 312 g/mol. The zero-order valence-corrected chi connectivity index (χ0v) is 11.2. The lowest BCUT2D eigenvalue weighted by Crippen LogP contribution is -2.45. The van der Waals surface area contributed by atoms with Gasteiger partial charge < -0.3 is 10.2 Å². The molecule has 1 atom stereocenters. The molecular formula is C14H17F5O2. The third-order valence-corrected chi connectivity index (χ3v) is 3.26. The van der Waals surface area contributed by atoms with Crippen LogP contribution in [0, 0.1) is 0 Å². The quantitative estimate of drug-likeness (QED) is 0.758. The third kappa shape index (κ3) is 5.24. The van der Waals surface area contributed by atoms with Gasteiger partial charge in [-0.3, -0.25) is 0 Å². The monoisotopic (exact) mass is 312 g/mol. The van der Waals surface area contributed by atoms with Crippen molar-refractivity contribution >= 4 is 0 Å². The molecule has 21 heavy (non-hydrogen) atoms. The topological polar surface area (TPSA) is 40.5 Å². The predicted octanol–water partition coefficient (Wildman–Crippen LogP) is 3.32. The van der Waals surface area contributed by atoms with E-state index in [1.807, 2.05) is 0 Å². The van der Waals surface area contributed by atoms with E-state index in [1.165, 1.54) is 0 Å². The Bertz CT molecular complexity index is 433. The number of aliphatic hydroxyl groups is 2. The van der Waals surface area contributed by atoms with Crippen LogP contribution in [0.15, 0.2) is 30.3 Å². The zero-order chi connectivity index (χ0) is 16.1. The fraction of sp³-hybridized carbons (Fsp3) is 0.571. The Balaban J connectivity index is 2.78. The van der Waals surface area contributed by atoms with Crippen molar-refractivity contribution < 1.29 is 32.2 Å². The molecule has 0 bridgehead atoms. The number of benzene rings is 1. The van der Waals surface area contributed by atoms with Crippen molar-refractivity contribution in [1.82, 2.24) is 0 Å². The van der Waals surface area contributed by atoms with Crippen molar-refractivity contribution in [2.24, 2.45) is 0 Å². The second kappa shape index (κ2) is 6.70. The highest BCUT2D eigenvalue weighted by atomic mass is 19.4. The Morgan fingerprint density at radius 2 is 1.48 bits per heavy atom. The molecule has 0 amide bonds. The van der Waals surface area contributed by atoms with Gasteiger partial charge in [-0.25, -0.2) is 0 Å². The SMILES string of the molecule is OCCC(O)(CCc1ccccc1)CC(F)(F)C(F)(F)F. The molecule has 2 nitrogen and oxygen atoms in total. The molecule has 0 fully saturated rings. The lowest BCUT2D eigenvalue weighted by molar-refractivity contribution is -0.297. The number of aryl methyl sites for hydroxylation is 1. The minimum atomic E-state index is -5.72. The van der Waals surface area contributed by atoms with Crippen LogP contribution in [-0.4, -0.2) is 34.5 Å². The summed E-state index contributed by atoms with van der Waals surface area (Å²) < 4.78 is 62.9. The van der Waals surface area contributed by atoms with Crippen molar-refractivity contribution in [2.45, 2.75) is 43.4 Å². The molecule has 0 aliphatic rings. The molecule has 0 aliphatic carbocycles. The maximum absolute atomic E-state index is 13.1. The van der Waals surface area contributed by atoms with Crippen LogP contribution >= 0.6 is 0 Å². The molecule has 0 heterocycles. The van der Waals surface area contributed by atoms with Crippen LogP contribution in [0.1, 0.15) is 24.8 Å². The van der Waals surface area contributed by atoms with E-state index in [9.17, 15) is 27.1 Å². The summed E-state index contributed by atoms with van der Waals surface area (Å²) >= 11 is 0. The number of alkyl halides is 5. The average Bonchev–Trinajstić information content (AvgIpc) is 2.36. The summed E-state index contributed by atoms with van der Waals surface area (Å²) in [5.41, 5.74) is -1.56. The molecule has 1 aromatic rings. The first-order chi connectivity index (χ1) is 9.60. The standard InChI is InChI=1S/C14H17F5O2/c15-13(16,14(17,18)19)10-12(21,8-9-20)7-6-11-4-2-1-3-5-11/h1-5,20-21H,6-10H2. The fourth-order valence-corrected chi connectivity index (χ4v) is 2.05. The number of aliphatic hydroxyl groups excluding tert-OH is 1. The van der Waals surface area contributed by atoms with E-state index >= 15 is 0 Å². The van der Waals surface area contributed by atoms with Crippen LogP contribution in [0.25, 0.3) is 0 Å². The second-order valence-corrected chi connectivity index (χ2v) is 5.06. The first-order valence-corrected chi connectivity index (χ1v) is 6.41. The van der Waals surface area contributed by atoms with Crippen LogP contribution in [0.5, 0.6) is 0 Å². The van der Waals surface area contributed by atoms with Gasteiger partial charge in [-0.2, -0.15) is 22.0 Å². The van der Waals surface area contributed by atoms with Crippen LogP contribution in [0.2, 0.25) is 0 Å². The van der Waals surface area contributed by atoms with Crippen LogP contribution in [0.3, 0.4) is 0 Å². The largest absolute Gasteiger partial charge is 0.453 e.